The van der Waals surface area contributed by atoms with Gasteiger partial charge in [-0.05, 0) is 5.92 Å². The highest BCUT2D eigenvalue weighted by Gasteiger charge is 2.69. The molecule has 5 atom stereocenters. The van der Waals surface area contributed by atoms with Crippen molar-refractivity contribution >= 4 is 35.5 Å². The lowest BCUT2D eigenvalue weighted by Crippen LogP contribution is -2.63. The minimum Gasteiger partial charge on any atom is -0.473 e. The molecule has 0 spiro atoms. The largest absolute Gasteiger partial charge is 0.473 e. The number of nitrogens with two attached hydrogens (primary N) is 1. The number of nitrogens with one attached hydrogen (secondary N) is 1. The van der Waals surface area contributed by atoms with Crippen LogP contribution in [0.15, 0.2) is 24.3 Å². The molecule has 5 N–H and O–H groups in total. The van der Waals surface area contributed by atoms with Crippen molar-refractivity contribution in [2.45, 2.75) is 49.0 Å². The Balaban J connectivity index is 2.39. The zero-order valence-electron chi connectivity index (χ0n) is 15.6. The van der Waals surface area contributed by atoms with Crippen molar-refractivity contribution in [3.8, 4) is 0 Å². The van der Waals surface area contributed by atoms with E-state index in [0.29, 0.717) is 6.20 Å². The summed E-state index contributed by atoms with van der Waals surface area (Å²) >= 11 is 0. The summed E-state index contributed by atoms with van der Waals surface area (Å²) in [6.07, 6.45) is -4.57. The Labute approximate surface area is 169 Å². The summed E-state index contributed by atoms with van der Waals surface area (Å²) in [6, 6.07) is -2.43. The number of urea groups is 1. The number of aliphatic hydroxyl groups excluding tert-OH is 2. The normalized spacial score (nSPS) is 34.1. The van der Waals surface area contributed by atoms with Crippen LogP contribution in [0.4, 0.5) is 13.6 Å². The molecule has 0 aromatic carbocycles. The van der Waals surface area contributed by atoms with Crippen LogP contribution in [-0.2, 0) is 14.3 Å². The number of esters is 1. The van der Waals surface area contributed by atoms with Crippen LogP contribution in [0.25, 0.3) is 0 Å². The van der Waals surface area contributed by atoms with Crippen LogP contribution in [0, 0.1) is 5.92 Å². The molecule has 0 saturated carbocycles. The van der Waals surface area contributed by atoms with Gasteiger partial charge in [-0.3, -0.25) is 9.69 Å². The summed E-state index contributed by atoms with van der Waals surface area (Å²) in [5, 5.41) is 19.2. The third-order valence-electron chi connectivity index (χ3n) is 4.59. The number of hydrogen-bond acceptors (Lipinski definition) is 7. The number of nitrogens with zero attached hydrogens (tertiary/aromatic N) is 1. The van der Waals surface area contributed by atoms with Gasteiger partial charge in [0.25, 0.3) is 5.85 Å². The summed E-state index contributed by atoms with van der Waals surface area (Å²) in [6.45, 7) is 6.34. The Morgan fingerprint density at radius 2 is 2.03 bits per heavy atom. The predicted octanol–water partition coefficient (Wildman–Crippen LogP) is -1.91. The lowest BCUT2D eigenvalue weighted by molar-refractivity contribution is -0.250. The minimum atomic E-state index is -3.73. The average Bonchev–Trinajstić information content (AvgIpc) is 2.79. The molecule has 0 aromatic heterocycles. The number of carbonyl (C=O) groups excluding carboxylic acids is 2. The van der Waals surface area contributed by atoms with Crippen molar-refractivity contribution in [2.75, 3.05) is 0 Å². The van der Waals surface area contributed by atoms with Gasteiger partial charge in [0.05, 0.1) is 11.1 Å². The van der Waals surface area contributed by atoms with Gasteiger partial charge < -0.3 is 30.7 Å². The molecule has 2 heterocycles. The van der Waals surface area contributed by atoms with Crippen LogP contribution in [-0.4, -0.2) is 85.8 Å². The molecule has 2 rings (SSSR count). The maximum Gasteiger partial charge on any atom is 0.327 e. The van der Waals surface area contributed by atoms with Crippen LogP contribution in [0.2, 0.25) is 0 Å². The average molecular weight is 407 g/mol. The summed E-state index contributed by atoms with van der Waals surface area (Å²) < 4.78 is 38.9. The summed E-state index contributed by atoms with van der Waals surface area (Å²) in [7, 11) is 16.8. The van der Waals surface area contributed by atoms with E-state index in [9.17, 15) is 24.2 Å². The third-order valence-corrected chi connectivity index (χ3v) is 4.59. The van der Waals surface area contributed by atoms with E-state index in [-0.39, 0.29) is 4.90 Å². The van der Waals surface area contributed by atoms with E-state index < -0.39 is 64.6 Å². The van der Waals surface area contributed by atoms with Crippen LogP contribution >= 0.6 is 0 Å². The molecule has 14 heteroatoms. The molecular weight excluding hydrogens is 389 g/mol. The molecule has 0 aromatic rings. The van der Waals surface area contributed by atoms with Crippen molar-refractivity contribution in [1.29, 1.82) is 0 Å². The number of hydrogen-bond donors (Lipinski definition) is 4. The van der Waals surface area contributed by atoms with Crippen LogP contribution in [0.1, 0.15) is 13.8 Å². The van der Waals surface area contributed by atoms with Gasteiger partial charge in [0.2, 0.25) is 0 Å². The van der Waals surface area contributed by atoms with Crippen LogP contribution in [0.5, 0.6) is 0 Å². The molecule has 1 saturated heterocycles. The van der Waals surface area contributed by atoms with Gasteiger partial charge in [-0.25, -0.2) is 13.6 Å². The van der Waals surface area contributed by atoms with Crippen molar-refractivity contribution < 1.29 is 38.1 Å². The van der Waals surface area contributed by atoms with Gasteiger partial charge in [-0.1, -0.05) is 20.4 Å². The van der Waals surface area contributed by atoms with E-state index in [1.165, 1.54) is 0 Å². The van der Waals surface area contributed by atoms with E-state index in [0.717, 1.165) is 0 Å². The first-order chi connectivity index (χ1) is 13.1. The number of amides is 2. The van der Waals surface area contributed by atoms with Crippen molar-refractivity contribution in [3.63, 3.8) is 0 Å². The number of alkyl halides is 1. The lowest BCUT2D eigenvalue weighted by atomic mass is 9.59. The summed E-state index contributed by atoms with van der Waals surface area (Å²) in [5.41, 5.74) is 2.25. The van der Waals surface area contributed by atoms with Gasteiger partial charge in [-0.15, -0.1) is 0 Å². The topological polar surface area (TPSA) is 134 Å². The number of carbonyl (C=O) groups is 2. The Kier molecular flexibility index (Phi) is 5.99. The highest BCUT2D eigenvalue weighted by molar-refractivity contribution is 6.40. The second-order valence-corrected chi connectivity index (χ2v) is 7.13. The van der Waals surface area contributed by atoms with Crippen LogP contribution < -0.4 is 11.1 Å². The monoisotopic (exact) mass is 407 g/mol. The van der Waals surface area contributed by atoms with Gasteiger partial charge >= 0.3 is 12.0 Å². The fourth-order valence-electron chi connectivity index (χ4n) is 2.63. The SMILES string of the molecule is [B]C([B])(OC(=O)[C@@H](N)C(C)C)[C@@]1(F)O[C@@]([B])(N2C=C(F)C(=C)NC2=O)[C@H](O)[C@@H]1O. The minimum absolute atomic E-state index is 0.226. The highest BCUT2D eigenvalue weighted by Crippen LogP contribution is 2.46. The molecule has 1 fully saturated rings. The number of ether oxygens (including phenoxy) is 2. The summed E-state index contributed by atoms with van der Waals surface area (Å²) in [4.78, 5) is 24.4. The molecule has 2 aliphatic rings. The zero-order chi connectivity index (χ0) is 22.5. The van der Waals surface area contributed by atoms with Crippen molar-refractivity contribution in [3.05, 3.63) is 24.3 Å². The maximum atomic E-state index is 15.5. The van der Waals surface area contributed by atoms with Gasteiger partial charge in [0.15, 0.2) is 5.83 Å². The smallest absolute Gasteiger partial charge is 0.327 e. The molecule has 0 bridgehead atoms. The third kappa shape index (κ3) is 3.69. The molecular formula is C15H18B3F2N3O6. The molecule has 2 aliphatic heterocycles. The molecule has 152 valence electrons. The van der Waals surface area contributed by atoms with E-state index >= 15 is 4.39 Å². The molecule has 6 radical (unpaired) electrons. The standard InChI is InChI=1S/C15H18B3F2N3O6/c1-5(2)8(21)11(26)28-15(17,18)13(20)9(24)10(25)14(16,29-13)23-4-7(19)6(3)22-12(23)27/h4-5,8-10,24-25H,3,21H2,1-2H3,(H,22,27)/t8-,9-,10+,13-,14-/m0/s1. The highest BCUT2D eigenvalue weighted by atomic mass is 19.2. The number of aliphatic hydroxyl groups is 2. The van der Waals surface area contributed by atoms with E-state index in [2.05, 4.69) is 11.3 Å². The lowest BCUT2D eigenvalue weighted by Gasteiger charge is -2.43. The zero-order valence-corrected chi connectivity index (χ0v) is 15.6. The summed E-state index contributed by atoms with van der Waals surface area (Å²) in [5.74, 6) is -6.51. The first-order valence-corrected chi connectivity index (χ1v) is 8.35. The Hall–Kier alpha value is -1.89. The Morgan fingerprint density at radius 3 is 2.55 bits per heavy atom. The Morgan fingerprint density at radius 1 is 1.48 bits per heavy atom. The second kappa shape index (κ2) is 7.42. The van der Waals surface area contributed by atoms with Gasteiger partial charge in [0.1, 0.15) is 47.4 Å². The molecule has 0 unspecified atom stereocenters. The first-order valence-electron chi connectivity index (χ1n) is 8.35. The number of rotatable bonds is 5. The van der Waals surface area contributed by atoms with E-state index in [1.807, 2.05) is 5.32 Å². The molecule has 29 heavy (non-hydrogen) atoms. The van der Waals surface area contributed by atoms with Gasteiger partial charge in [0, 0.05) is 6.20 Å². The molecule has 2 amide bonds. The van der Waals surface area contributed by atoms with Gasteiger partial charge in [-0.2, -0.15) is 0 Å². The molecule has 0 aliphatic carbocycles. The van der Waals surface area contributed by atoms with E-state index in [1.54, 1.807) is 13.8 Å². The second-order valence-electron chi connectivity index (χ2n) is 7.13. The van der Waals surface area contributed by atoms with Crippen molar-refractivity contribution in [1.82, 2.24) is 10.2 Å². The predicted molar refractivity (Wildman–Crippen MR) is 97.3 cm³/mol. The maximum absolute atomic E-state index is 15.5. The quantitative estimate of drug-likeness (QED) is 0.309. The van der Waals surface area contributed by atoms with Crippen LogP contribution in [0.3, 0.4) is 0 Å². The fraction of sp³-hybridized carbons (Fsp3) is 0.600. The number of halogens is 2. The molecule has 9 nitrogen and oxygen atoms in total. The number of allylic oxidation sites excluding steroid dienone is 1. The fourth-order valence-corrected chi connectivity index (χ4v) is 2.63. The van der Waals surface area contributed by atoms with E-state index in [4.69, 9.17) is 34.0 Å². The Bertz CT molecular complexity index is 770. The van der Waals surface area contributed by atoms with Crippen molar-refractivity contribution in [2.24, 2.45) is 11.7 Å². The first kappa shape index (κ1) is 23.4.